The average Bonchev–Trinajstić information content (AvgIpc) is 2.77. The minimum absolute atomic E-state index is 0.0157. The van der Waals surface area contributed by atoms with Gasteiger partial charge in [0, 0.05) is 6.42 Å². The van der Waals surface area contributed by atoms with Crippen LogP contribution in [0.2, 0.25) is 0 Å². The first-order chi connectivity index (χ1) is 15.8. The second kappa shape index (κ2) is 21.5. The maximum Gasteiger partial charge on any atom is 0.309 e. The van der Waals surface area contributed by atoms with Gasteiger partial charge in [-0.1, -0.05) is 106 Å². The highest BCUT2D eigenvalue weighted by molar-refractivity contribution is 5.73. The molecule has 0 aliphatic rings. The van der Waals surface area contributed by atoms with E-state index in [0.717, 1.165) is 32.1 Å². The molecule has 4 heteroatoms. The van der Waals surface area contributed by atoms with Gasteiger partial charge in [0.25, 0.3) is 0 Å². The Labute approximate surface area is 206 Å². The Morgan fingerprint density at radius 1 is 0.606 bits per heavy atom. The van der Waals surface area contributed by atoms with Crippen molar-refractivity contribution in [2.75, 3.05) is 13.2 Å². The molecule has 196 valence electrons. The molecule has 0 heterocycles. The fourth-order valence-corrected chi connectivity index (χ4v) is 4.70. The SMILES string of the molecule is CCCOC(=O)CCCCCCCCCCCCCC(C(C)C)C(C(=O)OCCC)C(C)C. The molecular formula is C29H56O4. The molecule has 0 bridgehead atoms. The normalized spacial score (nSPS) is 13.3. The number of hydrogen-bond acceptors (Lipinski definition) is 4. The van der Waals surface area contributed by atoms with Crippen molar-refractivity contribution in [2.24, 2.45) is 23.7 Å². The Balaban J connectivity index is 3.83. The van der Waals surface area contributed by atoms with Crippen molar-refractivity contribution in [1.29, 1.82) is 0 Å². The largest absolute Gasteiger partial charge is 0.466 e. The summed E-state index contributed by atoms with van der Waals surface area (Å²) in [6.07, 6.45) is 17.2. The minimum Gasteiger partial charge on any atom is -0.466 e. The van der Waals surface area contributed by atoms with Crippen LogP contribution in [0.25, 0.3) is 0 Å². The van der Waals surface area contributed by atoms with E-state index in [1.807, 2.05) is 13.8 Å². The quantitative estimate of drug-likeness (QED) is 0.118. The molecule has 0 aliphatic carbocycles. The monoisotopic (exact) mass is 468 g/mol. The first-order valence-electron chi connectivity index (χ1n) is 14.2. The van der Waals surface area contributed by atoms with Crippen LogP contribution in [0.5, 0.6) is 0 Å². The van der Waals surface area contributed by atoms with Crippen molar-refractivity contribution in [3.05, 3.63) is 0 Å². The number of ether oxygens (including phenoxy) is 2. The zero-order chi connectivity index (χ0) is 24.9. The molecule has 0 aromatic heterocycles. The molecule has 2 atom stereocenters. The molecule has 0 aromatic carbocycles. The van der Waals surface area contributed by atoms with Crippen molar-refractivity contribution >= 4 is 11.9 Å². The summed E-state index contributed by atoms with van der Waals surface area (Å²) in [6, 6.07) is 0. The molecule has 4 nitrogen and oxygen atoms in total. The van der Waals surface area contributed by atoms with Crippen molar-refractivity contribution < 1.29 is 19.1 Å². The number of rotatable bonds is 22. The molecule has 0 radical (unpaired) electrons. The van der Waals surface area contributed by atoms with Gasteiger partial charge in [0.05, 0.1) is 19.1 Å². The summed E-state index contributed by atoms with van der Waals surface area (Å²) in [6.45, 7) is 14.0. The molecule has 0 spiro atoms. The molecular weight excluding hydrogens is 412 g/mol. The van der Waals surface area contributed by atoms with Gasteiger partial charge in [0.1, 0.15) is 0 Å². The summed E-state index contributed by atoms with van der Waals surface area (Å²) in [4.78, 5) is 24.1. The third kappa shape index (κ3) is 17.1. The molecule has 0 aromatic rings. The molecule has 0 saturated carbocycles. The van der Waals surface area contributed by atoms with Crippen LogP contribution >= 0.6 is 0 Å². The number of carbonyl (C=O) groups excluding carboxylic acids is 2. The fraction of sp³-hybridized carbons (Fsp3) is 0.931. The second-order valence-corrected chi connectivity index (χ2v) is 10.5. The van der Waals surface area contributed by atoms with Crippen molar-refractivity contribution in [3.63, 3.8) is 0 Å². The van der Waals surface area contributed by atoms with Crippen LogP contribution in [0.4, 0.5) is 0 Å². The lowest BCUT2D eigenvalue weighted by atomic mass is 9.74. The smallest absolute Gasteiger partial charge is 0.309 e. The van der Waals surface area contributed by atoms with Gasteiger partial charge in [-0.05, 0) is 43.4 Å². The number of esters is 2. The zero-order valence-corrected chi connectivity index (χ0v) is 23.0. The van der Waals surface area contributed by atoms with Gasteiger partial charge in [0.15, 0.2) is 0 Å². The predicted octanol–water partition coefficient (Wildman–Crippen LogP) is 8.51. The van der Waals surface area contributed by atoms with Crippen LogP contribution in [0.15, 0.2) is 0 Å². The van der Waals surface area contributed by atoms with Gasteiger partial charge >= 0.3 is 11.9 Å². The van der Waals surface area contributed by atoms with E-state index in [2.05, 4.69) is 27.7 Å². The van der Waals surface area contributed by atoms with E-state index < -0.39 is 0 Å². The third-order valence-corrected chi connectivity index (χ3v) is 6.64. The first kappa shape index (κ1) is 31.9. The number of unbranched alkanes of at least 4 members (excludes halogenated alkanes) is 10. The zero-order valence-electron chi connectivity index (χ0n) is 23.0. The lowest BCUT2D eigenvalue weighted by Gasteiger charge is -2.31. The Bertz CT molecular complexity index is 472. The van der Waals surface area contributed by atoms with E-state index in [9.17, 15) is 9.59 Å². The van der Waals surface area contributed by atoms with Crippen LogP contribution in [0.1, 0.15) is 138 Å². The Morgan fingerprint density at radius 2 is 1.06 bits per heavy atom. The van der Waals surface area contributed by atoms with E-state index in [1.165, 1.54) is 57.8 Å². The van der Waals surface area contributed by atoms with Crippen molar-refractivity contribution in [3.8, 4) is 0 Å². The van der Waals surface area contributed by atoms with Gasteiger partial charge in [-0.15, -0.1) is 0 Å². The van der Waals surface area contributed by atoms with E-state index in [-0.39, 0.29) is 17.9 Å². The lowest BCUT2D eigenvalue weighted by Crippen LogP contribution is -2.33. The third-order valence-electron chi connectivity index (χ3n) is 6.64. The summed E-state index contributed by atoms with van der Waals surface area (Å²) >= 11 is 0. The summed E-state index contributed by atoms with van der Waals surface area (Å²) in [5.41, 5.74) is 0. The maximum atomic E-state index is 12.6. The molecule has 0 saturated heterocycles. The molecule has 0 amide bonds. The van der Waals surface area contributed by atoms with E-state index in [1.54, 1.807) is 0 Å². The topological polar surface area (TPSA) is 52.6 Å². The lowest BCUT2D eigenvalue weighted by molar-refractivity contribution is -0.153. The summed E-state index contributed by atoms with van der Waals surface area (Å²) in [7, 11) is 0. The Morgan fingerprint density at radius 3 is 1.52 bits per heavy atom. The van der Waals surface area contributed by atoms with Gasteiger partial charge in [-0.2, -0.15) is 0 Å². The van der Waals surface area contributed by atoms with Gasteiger partial charge in [0.2, 0.25) is 0 Å². The second-order valence-electron chi connectivity index (χ2n) is 10.5. The van der Waals surface area contributed by atoms with Crippen LogP contribution in [0.3, 0.4) is 0 Å². The van der Waals surface area contributed by atoms with E-state index in [0.29, 0.717) is 37.4 Å². The average molecular weight is 469 g/mol. The van der Waals surface area contributed by atoms with Crippen molar-refractivity contribution in [2.45, 2.75) is 138 Å². The Hall–Kier alpha value is -1.06. The number of hydrogen-bond donors (Lipinski definition) is 0. The highest BCUT2D eigenvalue weighted by atomic mass is 16.5. The first-order valence-corrected chi connectivity index (χ1v) is 14.2. The van der Waals surface area contributed by atoms with Crippen LogP contribution < -0.4 is 0 Å². The van der Waals surface area contributed by atoms with Crippen molar-refractivity contribution in [1.82, 2.24) is 0 Å². The van der Waals surface area contributed by atoms with Crippen LogP contribution in [-0.2, 0) is 19.1 Å². The van der Waals surface area contributed by atoms with E-state index >= 15 is 0 Å². The maximum absolute atomic E-state index is 12.6. The predicted molar refractivity (Wildman–Crippen MR) is 139 cm³/mol. The van der Waals surface area contributed by atoms with E-state index in [4.69, 9.17) is 9.47 Å². The molecule has 0 fully saturated rings. The fourth-order valence-electron chi connectivity index (χ4n) is 4.70. The molecule has 0 aliphatic heterocycles. The molecule has 0 N–H and O–H groups in total. The number of carbonyl (C=O) groups is 2. The summed E-state index contributed by atoms with van der Waals surface area (Å²) in [5.74, 6) is 1.27. The van der Waals surface area contributed by atoms with Crippen LogP contribution in [0, 0.1) is 23.7 Å². The summed E-state index contributed by atoms with van der Waals surface area (Å²) < 4.78 is 10.6. The Kier molecular flexibility index (Phi) is 20.8. The molecule has 0 rings (SSSR count). The highest BCUT2D eigenvalue weighted by Crippen LogP contribution is 2.33. The standard InChI is InChI=1S/C29H56O4/c1-7-22-32-27(30)21-19-17-15-13-11-9-10-12-14-16-18-20-26(24(3)4)28(25(5)6)29(31)33-23-8-2/h24-26,28H,7-23H2,1-6H3. The van der Waals surface area contributed by atoms with Gasteiger partial charge in [-0.3, -0.25) is 9.59 Å². The molecule has 33 heavy (non-hydrogen) atoms. The van der Waals surface area contributed by atoms with Gasteiger partial charge in [-0.25, -0.2) is 0 Å². The highest BCUT2D eigenvalue weighted by Gasteiger charge is 2.33. The van der Waals surface area contributed by atoms with Gasteiger partial charge < -0.3 is 9.47 Å². The van der Waals surface area contributed by atoms with Crippen LogP contribution in [-0.4, -0.2) is 25.2 Å². The minimum atomic E-state index is -0.0345. The molecule has 2 unspecified atom stereocenters. The summed E-state index contributed by atoms with van der Waals surface area (Å²) in [5, 5.41) is 0.